The normalized spacial score (nSPS) is 21.8. The molecule has 1 fully saturated rings. The SMILES string of the molecule is CN(C)CC(=O)Nc1ccc2c(c1)C(=O)N(C)[C@H]1CC[C@H](CC(=O)Nc3ccccc3)O[C@@H]1CO2. The number of fused-ring (bicyclic) bond motifs is 2. The van der Waals surface area contributed by atoms with Crippen LogP contribution in [0.5, 0.6) is 5.75 Å². The van der Waals surface area contributed by atoms with Gasteiger partial charge in [0.25, 0.3) is 5.91 Å². The highest BCUT2D eigenvalue weighted by atomic mass is 16.5. The van der Waals surface area contributed by atoms with Crippen LogP contribution in [0.1, 0.15) is 29.6 Å². The second kappa shape index (κ2) is 10.9. The Bertz CT molecular complexity index is 1070. The fraction of sp³-hybridized carbons (Fsp3) is 0.423. The summed E-state index contributed by atoms with van der Waals surface area (Å²) in [6.45, 7) is 0.505. The van der Waals surface area contributed by atoms with E-state index < -0.39 is 0 Å². The monoisotopic (exact) mass is 480 g/mol. The van der Waals surface area contributed by atoms with Crippen LogP contribution in [0.2, 0.25) is 0 Å². The zero-order chi connectivity index (χ0) is 24.9. The summed E-state index contributed by atoms with van der Waals surface area (Å²) in [4.78, 5) is 41.4. The highest BCUT2D eigenvalue weighted by Crippen LogP contribution is 2.32. The molecular weight excluding hydrogens is 448 g/mol. The molecular formula is C26H32N4O5. The number of hydrogen-bond acceptors (Lipinski definition) is 6. The molecule has 35 heavy (non-hydrogen) atoms. The third-order valence-electron chi connectivity index (χ3n) is 6.23. The molecule has 9 heteroatoms. The predicted octanol–water partition coefficient (Wildman–Crippen LogP) is 2.60. The van der Waals surface area contributed by atoms with Crippen molar-refractivity contribution in [2.24, 2.45) is 0 Å². The largest absolute Gasteiger partial charge is 0.490 e. The van der Waals surface area contributed by atoms with Crippen LogP contribution in [0.4, 0.5) is 11.4 Å². The number of benzene rings is 2. The molecule has 0 radical (unpaired) electrons. The summed E-state index contributed by atoms with van der Waals surface area (Å²) in [6.07, 6.45) is 1.01. The maximum absolute atomic E-state index is 13.3. The number of likely N-dealkylation sites (N-methyl/N-ethyl adjacent to an activating group) is 2. The zero-order valence-electron chi connectivity index (χ0n) is 20.3. The van der Waals surface area contributed by atoms with Crippen molar-refractivity contribution in [1.29, 1.82) is 0 Å². The van der Waals surface area contributed by atoms with E-state index in [1.807, 2.05) is 44.4 Å². The van der Waals surface area contributed by atoms with E-state index in [9.17, 15) is 14.4 Å². The summed E-state index contributed by atoms with van der Waals surface area (Å²) in [5, 5.41) is 5.72. The van der Waals surface area contributed by atoms with Crippen molar-refractivity contribution in [3.8, 4) is 5.75 Å². The lowest BCUT2D eigenvalue weighted by atomic mass is 9.94. The highest BCUT2D eigenvalue weighted by molar-refractivity contribution is 6.00. The van der Waals surface area contributed by atoms with Crippen molar-refractivity contribution in [1.82, 2.24) is 9.80 Å². The van der Waals surface area contributed by atoms with Crippen LogP contribution < -0.4 is 15.4 Å². The molecule has 2 aliphatic rings. The van der Waals surface area contributed by atoms with Gasteiger partial charge in [0.1, 0.15) is 18.5 Å². The third kappa shape index (κ3) is 6.17. The van der Waals surface area contributed by atoms with Gasteiger partial charge in [0.05, 0.1) is 30.7 Å². The lowest BCUT2D eigenvalue weighted by molar-refractivity contribution is -0.130. The smallest absolute Gasteiger partial charge is 0.257 e. The fourth-order valence-electron chi connectivity index (χ4n) is 4.53. The summed E-state index contributed by atoms with van der Waals surface area (Å²) < 4.78 is 12.2. The van der Waals surface area contributed by atoms with Gasteiger partial charge < -0.3 is 29.9 Å². The van der Waals surface area contributed by atoms with Crippen molar-refractivity contribution in [2.45, 2.75) is 37.5 Å². The molecule has 186 valence electrons. The first kappa shape index (κ1) is 24.7. The summed E-state index contributed by atoms with van der Waals surface area (Å²) in [5.41, 5.74) is 1.69. The van der Waals surface area contributed by atoms with Crippen molar-refractivity contribution in [3.05, 3.63) is 54.1 Å². The van der Waals surface area contributed by atoms with E-state index in [4.69, 9.17) is 9.47 Å². The molecule has 1 saturated heterocycles. The maximum Gasteiger partial charge on any atom is 0.257 e. The van der Waals surface area contributed by atoms with Crippen molar-refractivity contribution in [3.63, 3.8) is 0 Å². The van der Waals surface area contributed by atoms with Gasteiger partial charge in [-0.05, 0) is 57.3 Å². The first-order valence-electron chi connectivity index (χ1n) is 11.8. The van der Waals surface area contributed by atoms with Gasteiger partial charge in [0.15, 0.2) is 0 Å². The Balaban J connectivity index is 1.42. The lowest BCUT2D eigenvalue weighted by Crippen LogP contribution is -2.53. The number of anilines is 2. The number of hydrogen-bond donors (Lipinski definition) is 2. The summed E-state index contributed by atoms with van der Waals surface area (Å²) >= 11 is 0. The maximum atomic E-state index is 13.3. The van der Waals surface area contributed by atoms with Gasteiger partial charge in [-0.15, -0.1) is 0 Å². The summed E-state index contributed by atoms with van der Waals surface area (Å²) in [5.74, 6) is -0.0173. The molecule has 3 atom stereocenters. The van der Waals surface area contributed by atoms with Gasteiger partial charge in [0, 0.05) is 18.4 Å². The molecule has 0 aliphatic carbocycles. The number of nitrogens with one attached hydrogen (secondary N) is 2. The van der Waals surface area contributed by atoms with Crippen LogP contribution in [0.3, 0.4) is 0 Å². The lowest BCUT2D eigenvalue weighted by Gasteiger charge is -2.42. The van der Waals surface area contributed by atoms with Gasteiger partial charge in [-0.2, -0.15) is 0 Å². The number of rotatable bonds is 6. The Morgan fingerprint density at radius 2 is 1.77 bits per heavy atom. The summed E-state index contributed by atoms with van der Waals surface area (Å²) in [6, 6.07) is 14.2. The number of nitrogens with zero attached hydrogens (tertiary/aromatic N) is 2. The first-order valence-corrected chi connectivity index (χ1v) is 11.8. The molecule has 4 rings (SSSR count). The molecule has 0 aromatic heterocycles. The Morgan fingerprint density at radius 1 is 1.03 bits per heavy atom. The molecule has 9 nitrogen and oxygen atoms in total. The van der Waals surface area contributed by atoms with Crippen LogP contribution in [-0.2, 0) is 14.3 Å². The molecule has 2 aromatic rings. The standard InChI is InChI=1S/C26H32N4O5/c1-29(2)15-25(32)28-18-9-12-22-20(13-18)26(33)30(3)21-11-10-19(35-23(21)16-34-22)14-24(31)27-17-7-5-4-6-8-17/h4-9,12-13,19,21,23H,10-11,14-16H2,1-3H3,(H,27,31)(H,28,32)/t19-,21+,23-/m1/s1. The quantitative estimate of drug-likeness (QED) is 0.659. The van der Waals surface area contributed by atoms with E-state index in [2.05, 4.69) is 10.6 Å². The van der Waals surface area contributed by atoms with E-state index in [1.54, 1.807) is 35.0 Å². The molecule has 2 aromatic carbocycles. The third-order valence-corrected chi connectivity index (χ3v) is 6.23. The topological polar surface area (TPSA) is 100 Å². The average molecular weight is 481 g/mol. The van der Waals surface area contributed by atoms with Gasteiger partial charge >= 0.3 is 0 Å². The Hall–Kier alpha value is -3.43. The fourth-order valence-corrected chi connectivity index (χ4v) is 4.53. The molecule has 2 N–H and O–H groups in total. The van der Waals surface area contributed by atoms with Crippen LogP contribution in [-0.4, -0.2) is 80.1 Å². The van der Waals surface area contributed by atoms with E-state index in [0.29, 0.717) is 29.8 Å². The van der Waals surface area contributed by atoms with Gasteiger partial charge in [-0.1, -0.05) is 18.2 Å². The van der Waals surface area contributed by atoms with Gasteiger partial charge in [0.2, 0.25) is 11.8 Å². The Morgan fingerprint density at radius 3 is 2.51 bits per heavy atom. The Kier molecular flexibility index (Phi) is 7.67. The number of para-hydroxylation sites is 1. The second-order valence-electron chi connectivity index (χ2n) is 9.28. The van der Waals surface area contributed by atoms with Crippen molar-refractivity contribution in [2.75, 3.05) is 44.9 Å². The van der Waals surface area contributed by atoms with Crippen molar-refractivity contribution < 1.29 is 23.9 Å². The minimum Gasteiger partial charge on any atom is -0.490 e. The summed E-state index contributed by atoms with van der Waals surface area (Å²) in [7, 11) is 5.39. The average Bonchev–Trinajstić information content (AvgIpc) is 2.82. The number of carbonyl (C=O) groups excluding carboxylic acids is 3. The van der Waals surface area contributed by atoms with Crippen LogP contribution in [0, 0.1) is 0 Å². The van der Waals surface area contributed by atoms with E-state index in [1.165, 1.54) is 0 Å². The highest BCUT2D eigenvalue weighted by Gasteiger charge is 2.39. The van der Waals surface area contributed by atoms with E-state index in [0.717, 1.165) is 5.69 Å². The van der Waals surface area contributed by atoms with Gasteiger partial charge in [-0.3, -0.25) is 14.4 Å². The number of amides is 3. The van der Waals surface area contributed by atoms with Gasteiger partial charge in [-0.25, -0.2) is 0 Å². The molecule has 0 spiro atoms. The molecule has 3 amide bonds. The molecule has 0 bridgehead atoms. The molecule has 0 unspecified atom stereocenters. The van der Waals surface area contributed by atoms with E-state index in [-0.39, 0.29) is 55.5 Å². The van der Waals surface area contributed by atoms with Crippen LogP contribution >= 0.6 is 0 Å². The molecule has 2 aliphatic heterocycles. The van der Waals surface area contributed by atoms with Crippen molar-refractivity contribution >= 4 is 29.1 Å². The Labute approximate surface area is 205 Å². The predicted molar refractivity (Wildman–Crippen MR) is 133 cm³/mol. The molecule has 2 heterocycles. The van der Waals surface area contributed by atoms with E-state index >= 15 is 0 Å². The number of carbonyl (C=O) groups is 3. The number of ether oxygens (including phenoxy) is 2. The van der Waals surface area contributed by atoms with Crippen LogP contribution in [0.15, 0.2) is 48.5 Å². The molecule has 0 saturated carbocycles. The second-order valence-corrected chi connectivity index (χ2v) is 9.28. The zero-order valence-corrected chi connectivity index (χ0v) is 20.3. The minimum atomic E-state index is -0.347. The first-order chi connectivity index (χ1) is 16.8. The van der Waals surface area contributed by atoms with Crippen LogP contribution in [0.25, 0.3) is 0 Å². The minimum absolute atomic E-state index is 0.106.